The topological polar surface area (TPSA) is 143 Å². The highest BCUT2D eigenvalue weighted by atomic mass is 32.2. The third kappa shape index (κ3) is 11.3. The molecule has 6 aromatic rings. The Labute approximate surface area is 349 Å². The van der Waals surface area contributed by atoms with Gasteiger partial charge in [0.2, 0.25) is 11.8 Å². The van der Waals surface area contributed by atoms with E-state index in [1.807, 2.05) is 115 Å². The molecule has 2 heterocycles. The number of oxazole rings is 1. The molecular weight excluding hydrogens is 763 g/mol. The van der Waals surface area contributed by atoms with Crippen LogP contribution in [0.15, 0.2) is 143 Å². The number of ether oxygens (including phenoxy) is 2. The van der Waals surface area contributed by atoms with E-state index in [9.17, 15) is 14.7 Å². The van der Waals surface area contributed by atoms with Gasteiger partial charge in [-0.3, -0.25) is 14.8 Å². The van der Waals surface area contributed by atoms with Gasteiger partial charge in [-0.1, -0.05) is 158 Å². The van der Waals surface area contributed by atoms with Crippen LogP contribution in [-0.4, -0.2) is 39.0 Å². The first-order valence-electron chi connectivity index (χ1n) is 20.1. The molecule has 1 aliphatic heterocycles. The normalized spacial score (nSPS) is 16.4. The van der Waals surface area contributed by atoms with Gasteiger partial charge in [0.25, 0.3) is 5.22 Å². The van der Waals surface area contributed by atoms with Crippen LogP contribution in [0.5, 0.6) is 0 Å². The van der Waals surface area contributed by atoms with Gasteiger partial charge >= 0.3 is 0 Å². The number of hydrogen-bond acceptors (Lipinski definition) is 9. The van der Waals surface area contributed by atoms with Gasteiger partial charge in [-0.2, -0.15) is 0 Å². The molecule has 3 atom stereocenters. The molecule has 0 saturated carbocycles. The lowest BCUT2D eigenvalue weighted by Gasteiger charge is -2.36. The summed E-state index contributed by atoms with van der Waals surface area (Å²) in [7, 11) is 0. The van der Waals surface area contributed by atoms with Crippen LogP contribution in [0.25, 0.3) is 33.7 Å². The van der Waals surface area contributed by atoms with Gasteiger partial charge in [-0.25, -0.2) is 10.5 Å². The van der Waals surface area contributed by atoms with Gasteiger partial charge in [-0.05, 0) is 40.7 Å². The van der Waals surface area contributed by atoms with Crippen LogP contribution in [0, 0.1) is 0 Å². The minimum atomic E-state index is -0.628. The summed E-state index contributed by atoms with van der Waals surface area (Å²) in [5, 5.41) is 21.9. The number of aliphatic hydroxyl groups excluding tert-OH is 1. The van der Waals surface area contributed by atoms with E-state index in [0.717, 1.165) is 75.2 Å². The van der Waals surface area contributed by atoms with E-state index < -0.39 is 6.29 Å². The van der Waals surface area contributed by atoms with Crippen molar-refractivity contribution in [1.29, 1.82) is 0 Å². The second-order valence-corrected chi connectivity index (χ2v) is 15.5. The molecule has 0 unspecified atom stereocenters. The van der Waals surface area contributed by atoms with Crippen molar-refractivity contribution in [3.05, 3.63) is 156 Å². The maximum atomic E-state index is 12.7. The molecule has 2 amide bonds. The molecule has 0 spiro atoms. The number of carbonyl (C=O) groups excluding carboxylic acids is 2. The van der Waals surface area contributed by atoms with Crippen molar-refractivity contribution >= 4 is 23.6 Å². The van der Waals surface area contributed by atoms with Crippen molar-refractivity contribution in [3.8, 4) is 33.7 Å². The summed E-state index contributed by atoms with van der Waals surface area (Å²) in [6.45, 7) is 0.379. The second-order valence-electron chi connectivity index (χ2n) is 14.6. The van der Waals surface area contributed by atoms with Gasteiger partial charge in [0.05, 0.1) is 18.8 Å². The molecule has 5 aromatic carbocycles. The molecule has 4 N–H and O–H groups in total. The van der Waals surface area contributed by atoms with E-state index >= 15 is 0 Å². The van der Waals surface area contributed by atoms with Crippen molar-refractivity contribution in [2.45, 2.75) is 81.8 Å². The first-order chi connectivity index (χ1) is 29.0. The molecule has 1 fully saturated rings. The zero-order valence-electron chi connectivity index (χ0n) is 32.8. The van der Waals surface area contributed by atoms with E-state index in [1.165, 1.54) is 11.8 Å². The number of aliphatic hydroxyl groups is 1. The smallest absolute Gasteiger partial charge is 0.256 e. The number of unbranched alkanes of at least 4 members (excludes halogenated alkanes) is 3. The van der Waals surface area contributed by atoms with Crippen molar-refractivity contribution in [2.75, 3.05) is 5.75 Å². The summed E-state index contributed by atoms with van der Waals surface area (Å²) < 4.78 is 19.8. The Balaban J connectivity index is 1.03. The Kier molecular flexibility index (Phi) is 14.7. The maximum Gasteiger partial charge on any atom is 0.256 e. The van der Waals surface area contributed by atoms with E-state index in [2.05, 4.69) is 23.5 Å². The van der Waals surface area contributed by atoms with Crippen LogP contribution in [0.1, 0.15) is 79.6 Å². The van der Waals surface area contributed by atoms with Crippen LogP contribution < -0.4 is 10.8 Å². The lowest BCUT2D eigenvalue weighted by atomic mass is 9.97. The van der Waals surface area contributed by atoms with Gasteiger partial charge in [0.1, 0.15) is 5.69 Å². The lowest BCUT2D eigenvalue weighted by Crippen LogP contribution is -2.31. The minimum Gasteiger partial charge on any atom is -0.431 e. The minimum absolute atomic E-state index is 0.0146. The summed E-state index contributed by atoms with van der Waals surface area (Å²) >= 11 is 1.53. The quantitative estimate of drug-likeness (QED) is 0.0289. The molecular formula is C48H49N3O7S. The Morgan fingerprint density at radius 2 is 1.34 bits per heavy atom. The summed E-state index contributed by atoms with van der Waals surface area (Å²) in [5.74, 6) is 0.918. The predicted octanol–water partition coefficient (Wildman–Crippen LogP) is 9.97. The molecule has 0 bridgehead atoms. The highest BCUT2D eigenvalue weighted by molar-refractivity contribution is 7.99. The summed E-state index contributed by atoms with van der Waals surface area (Å²) in [5.41, 5.74) is 10.2. The fourth-order valence-electron chi connectivity index (χ4n) is 7.16. The SMILES string of the molecule is O=C(CCCCCCC(=O)NCc1ccccc1-c1ccc([C@@H]2O[C@H](CSc3nc(-c4ccccc4)c(-c4ccccc4)o3)C[C@H](c3ccc(CO)cc3)O2)cc1)NO. The van der Waals surface area contributed by atoms with Gasteiger partial charge in [0, 0.05) is 48.3 Å². The monoisotopic (exact) mass is 811 g/mol. The van der Waals surface area contributed by atoms with Crippen molar-refractivity contribution in [2.24, 2.45) is 0 Å². The number of carbonyl (C=O) groups is 2. The fourth-order valence-corrected chi connectivity index (χ4v) is 8.01. The van der Waals surface area contributed by atoms with Crippen LogP contribution in [0.2, 0.25) is 0 Å². The van der Waals surface area contributed by atoms with Crippen LogP contribution in [0.3, 0.4) is 0 Å². The highest BCUT2D eigenvalue weighted by Gasteiger charge is 2.33. The van der Waals surface area contributed by atoms with Gasteiger partial charge in [-0.15, -0.1) is 0 Å². The van der Waals surface area contributed by atoms with Crippen LogP contribution >= 0.6 is 11.8 Å². The number of rotatable bonds is 18. The molecule has 10 nitrogen and oxygen atoms in total. The molecule has 11 heteroatoms. The maximum absolute atomic E-state index is 12.7. The summed E-state index contributed by atoms with van der Waals surface area (Å²) in [6.07, 6.45) is 3.33. The fraction of sp³-hybridized carbons (Fsp3) is 0.271. The molecule has 7 rings (SSSR count). The molecule has 59 heavy (non-hydrogen) atoms. The number of benzene rings is 5. The Morgan fingerprint density at radius 3 is 2.03 bits per heavy atom. The zero-order chi connectivity index (χ0) is 40.8. The first kappa shape index (κ1) is 41.6. The van der Waals surface area contributed by atoms with Crippen molar-refractivity contribution in [3.63, 3.8) is 0 Å². The standard InChI is InChI=1S/C48H49N3O7S/c52-31-33-21-23-35(24-22-33)42-29-40(32-59-48-50-45(36-13-5-3-6-14-36)46(58-48)37-15-7-4-8-16-37)56-47(57-42)38-27-25-34(26-28-38)41-18-12-11-17-39(41)30-49-43(53)19-9-1-2-10-20-44(54)51-55/h3-8,11-18,21-28,40,42,47,52,55H,1-2,9-10,19-20,29-32H2,(H,49,53)(H,51,54)/t40-,42+,47+/m0/s1. The van der Waals surface area contributed by atoms with Crippen molar-refractivity contribution < 1.29 is 33.8 Å². The predicted molar refractivity (Wildman–Crippen MR) is 228 cm³/mol. The van der Waals surface area contributed by atoms with Gasteiger partial charge in [0.15, 0.2) is 12.1 Å². The Hall–Kier alpha value is -5.56. The molecule has 1 aliphatic rings. The zero-order valence-corrected chi connectivity index (χ0v) is 33.6. The third-order valence-corrected chi connectivity index (χ3v) is 11.3. The van der Waals surface area contributed by atoms with E-state index in [1.54, 1.807) is 5.48 Å². The molecule has 304 valence electrons. The average Bonchev–Trinajstić information content (AvgIpc) is 3.74. The number of amides is 2. The number of nitrogens with one attached hydrogen (secondary N) is 2. The van der Waals surface area contributed by atoms with Crippen LogP contribution in [0.4, 0.5) is 0 Å². The van der Waals surface area contributed by atoms with Crippen molar-refractivity contribution in [1.82, 2.24) is 15.8 Å². The summed E-state index contributed by atoms with van der Waals surface area (Å²) in [4.78, 5) is 28.8. The molecule has 0 aliphatic carbocycles. The lowest BCUT2D eigenvalue weighted by molar-refractivity contribution is -0.245. The largest absolute Gasteiger partial charge is 0.431 e. The Bertz CT molecular complexity index is 2190. The Morgan fingerprint density at radius 1 is 0.695 bits per heavy atom. The third-order valence-electron chi connectivity index (χ3n) is 10.4. The van der Waals surface area contributed by atoms with Gasteiger partial charge < -0.3 is 24.3 Å². The molecule has 0 radical (unpaired) electrons. The summed E-state index contributed by atoms with van der Waals surface area (Å²) in [6, 6.07) is 44.2. The number of hydroxylamine groups is 1. The second kappa shape index (κ2) is 20.9. The molecule has 1 aromatic heterocycles. The number of hydrogen-bond donors (Lipinski definition) is 4. The average molecular weight is 812 g/mol. The number of aromatic nitrogens is 1. The molecule has 1 saturated heterocycles. The number of thioether (sulfide) groups is 1. The first-order valence-corrected chi connectivity index (χ1v) is 21.1. The van der Waals surface area contributed by atoms with Crippen LogP contribution in [-0.2, 0) is 32.2 Å². The highest BCUT2D eigenvalue weighted by Crippen LogP contribution is 2.41. The number of nitrogens with zero attached hydrogens (tertiary/aromatic N) is 1. The van der Waals surface area contributed by atoms with E-state index in [4.69, 9.17) is 24.1 Å². The van der Waals surface area contributed by atoms with E-state index in [0.29, 0.717) is 36.8 Å². The van der Waals surface area contributed by atoms with E-state index in [-0.39, 0.29) is 37.0 Å².